The van der Waals surface area contributed by atoms with Crippen molar-refractivity contribution < 1.29 is 43.5 Å². The van der Waals surface area contributed by atoms with Gasteiger partial charge in [-0.2, -0.15) is 0 Å². The molecule has 9 heteroatoms. The molecule has 210 valence electrons. The van der Waals surface area contributed by atoms with Crippen molar-refractivity contribution in [1.82, 2.24) is 0 Å². The van der Waals surface area contributed by atoms with Crippen molar-refractivity contribution in [3.8, 4) is 28.7 Å². The Labute approximate surface area is 232 Å². The van der Waals surface area contributed by atoms with E-state index in [-0.39, 0.29) is 18.6 Å². The second-order valence-electron chi connectivity index (χ2n) is 10.1. The van der Waals surface area contributed by atoms with Gasteiger partial charge in [-0.1, -0.05) is 25.1 Å². The number of carboxylic acid groups (broad SMARTS) is 2. The van der Waals surface area contributed by atoms with Crippen LogP contribution in [0.4, 0.5) is 0 Å². The van der Waals surface area contributed by atoms with Crippen LogP contribution >= 0.6 is 0 Å². The van der Waals surface area contributed by atoms with Gasteiger partial charge in [-0.3, -0.25) is 4.79 Å². The molecule has 40 heavy (non-hydrogen) atoms. The van der Waals surface area contributed by atoms with Crippen molar-refractivity contribution >= 4 is 11.9 Å². The zero-order chi connectivity index (χ0) is 28.4. The van der Waals surface area contributed by atoms with Crippen LogP contribution in [0.1, 0.15) is 61.3 Å². The summed E-state index contributed by atoms with van der Waals surface area (Å²) in [5, 5.41) is 20.0. The molecule has 1 heterocycles. The van der Waals surface area contributed by atoms with Crippen LogP contribution < -0.4 is 23.7 Å². The molecular weight excluding hydrogens is 516 g/mol. The third-order valence-corrected chi connectivity index (χ3v) is 7.00. The first kappa shape index (κ1) is 27.2. The number of benzene rings is 3. The van der Waals surface area contributed by atoms with E-state index in [1.807, 2.05) is 51.1 Å². The zero-order valence-corrected chi connectivity index (χ0v) is 22.6. The molecule has 2 aliphatic rings. The molecule has 2 N–H and O–H groups in total. The molecule has 3 aromatic rings. The Kier molecular flexibility index (Phi) is 7.73. The number of carboxylic acids is 2. The molecule has 3 unspecified atom stereocenters. The molecule has 0 saturated carbocycles. The van der Waals surface area contributed by atoms with Gasteiger partial charge in [0.1, 0.15) is 17.2 Å². The van der Waals surface area contributed by atoms with Gasteiger partial charge in [-0.15, -0.1) is 0 Å². The van der Waals surface area contributed by atoms with Gasteiger partial charge in [-0.05, 0) is 67.3 Å². The van der Waals surface area contributed by atoms with E-state index in [0.717, 1.165) is 23.1 Å². The minimum Gasteiger partial charge on any atom is -0.494 e. The average molecular weight is 549 g/mol. The Morgan fingerprint density at radius 2 is 1.62 bits per heavy atom. The topological polar surface area (TPSA) is 121 Å². The van der Waals surface area contributed by atoms with Crippen LogP contribution in [0, 0.1) is 5.92 Å². The summed E-state index contributed by atoms with van der Waals surface area (Å²) >= 11 is 0. The van der Waals surface area contributed by atoms with Crippen LogP contribution in [0.15, 0.2) is 54.6 Å². The lowest BCUT2D eigenvalue weighted by atomic mass is 9.79. The van der Waals surface area contributed by atoms with Gasteiger partial charge in [0.2, 0.25) is 6.79 Å². The summed E-state index contributed by atoms with van der Waals surface area (Å²) in [4.78, 5) is 24.5. The average Bonchev–Trinajstić information content (AvgIpc) is 3.52. The van der Waals surface area contributed by atoms with Crippen molar-refractivity contribution in [2.24, 2.45) is 5.92 Å². The largest absolute Gasteiger partial charge is 0.494 e. The maximum Gasteiger partial charge on any atom is 0.341 e. The number of rotatable bonds is 11. The lowest BCUT2D eigenvalue weighted by molar-refractivity contribution is -0.142. The van der Waals surface area contributed by atoms with Gasteiger partial charge in [0.05, 0.1) is 18.6 Å². The minimum absolute atomic E-state index is 0.109. The first-order valence-electron chi connectivity index (χ1n) is 13.3. The molecule has 1 aliphatic carbocycles. The fourth-order valence-electron chi connectivity index (χ4n) is 5.52. The molecule has 0 aromatic heterocycles. The highest BCUT2D eigenvalue weighted by atomic mass is 16.7. The molecule has 1 aliphatic heterocycles. The summed E-state index contributed by atoms with van der Waals surface area (Å²) in [5.74, 6) is -1.69. The summed E-state index contributed by atoms with van der Waals surface area (Å²) in [5.41, 5.74) is 2.95. The van der Waals surface area contributed by atoms with Crippen molar-refractivity contribution in [3.63, 3.8) is 0 Å². The lowest BCUT2D eigenvalue weighted by Gasteiger charge is -2.25. The van der Waals surface area contributed by atoms with Gasteiger partial charge in [0, 0.05) is 23.5 Å². The number of carbonyl (C=O) groups is 2. The molecule has 0 saturated heterocycles. The van der Waals surface area contributed by atoms with Crippen LogP contribution in [0.5, 0.6) is 28.7 Å². The van der Waals surface area contributed by atoms with Gasteiger partial charge in [-0.25, -0.2) is 4.79 Å². The molecule has 5 rings (SSSR count). The quantitative estimate of drug-likeness (QED) is 0.323. The van der Waals surface area contributed by atoms with Gasteiger partial charge < -0.3 is 33.9 Å². The van der Waals surface area contributed by atoms with Gasteiger partial charge in [0.25, 0.3) is 0 Å². The normalized spacial score (nSPS) is 18.9. The van der Waals surface area contributed by atoms with Crippen molar-refractivity contribution in [2.45, 2.75) is 45.1 Å². The Balaban J connectivity index is 1.68. The summed E-state index contributed by atoms with van der Waals surface area (Å²) in [7, 11) is 0. The van der Waals surface area contributed by atoms with E-state index in [0.29, 0.717) is 35.2 Å². The molecule has 0 amide bonds. The number of fused-ring (bicyclic) bond motifs is 2. The van der Waals surface area contributed by atoms with Gasteiger partial charge in [0.15, 0.2) is 18.1 Å². The molecule has 3 aromatic carbocycles. The summed E-state index contributed by atoms with van der Waals surface area (Å²) in [6.07, 6.45) is 0.702. The van der Waals surface area contributed by atoms with E-state index in [9.17, 15) is 19.8 Å². The Bertz CT molecular complexity index is 1410. The Morgan fingerprint density at radius 1 is 0.875 bits per heavy atom. The molecule has 3 atom stereocenters. The highest BCUT2D eigenvalue weighted by molar-refractivity contribution is 5.79. The molecule has 9 nitrogen and oxygen atoms in total. The van der Waals surface area contributed by atoms with Gasteiger partial charge >= 0.3 is 11.9 Å². The third-order valence-electron chi connectivity index (χ3n) is 7.00. The summed E-state index contributed by atoms with van der Waals surface area (Å²) in [6, 6.07) is 16.3. The smallest absolute Gasteiger partial charge is 0.341 e. The van der Waals surface area contributed by atoms with E-state index in [2.05, 4.69) is 0 Å². The van der Waals surface area contributed by atoms with E-state index in [4.69, 9.17) is 23.7 Å². The third kappa shape index (κ3) is 5.36. The number of ether oxygens (including phenoxy) is 5. The number of hydrogen-bond donors (Lipinski definition) is 2. The van der Waals surface area contributed by atoms with Crippen LogP contribution in [0.25, 0.3) is 0 Å². The summed E-state index contributed by atoms with van der Waals surface area (Å²) in [6.45, 7) is 5.82. The lowest BCUT2D eigenvalue weighted by Crippen LogP contribution is -2.24. The van der Waals surface area contributed by atoms with Crippen LogP contribution in [-0.2, 0) is 9.59 Å². The van der Waals surface area contributed by atoms with Crippen LogP contribution in [0.3, 0.4) is 0 Å². The minimum atomic E-state index is -1.14. The molecule has 0 spiro atoms. The maximum absolute atomic E-state index is 13.1. The number of hydrogen-bond acceptors (Lipinski definition) is 7. The van der Waals surface area contributed by atoms with Crippen molar-refractivity contribution in [3.05, 3.63) is 76.9 Å². The highest BCUT2D eigenvalue weighted by Crippen LogP contribution is 2.56. The van der Waals surface area contributed by atoms with E-state index >= 15 is 0 Å². The van der Waals surface area contributed by atoms with E-state index < -0.39 is 36.3 Å². The second-order valence-corrected chi connectivity index (χ2v) is 10.1. The van der Waals surface area contributed by atoms with E-state index in [1.54, 1.807) is 24.3 Å². The molecule has 0 radical (unpaired) electrons. The predicted molar refractivity (Wildman–Crippen MR) is 145 cm³/mol. The maximum atomic E-state index is 13.1. The molecular formula is C31H32O9. The highest BCUT2D eigenvalue weighted by Gasteiger charge is 2.48. The Morgan fingerprint density at radius 3 is 2.35 bits per heavy atom. The van der Waals surface area contributed by atoms with Crippen molar-refractivity contribution in [2.75, 3.05) is 20.0 Å². The first-order valence-corrected chi connectivity index (χ1v) is 13.3. The Hall–Kier alpha value is -4.40. The molecule has 0 bridgehead atoms. The van der Waals surface area contributed by atoms with Crippen molar-refractivity contribution in [1.29, 1.82) is 0 Å². The second kappa shape index (κ2) is 11.4. The van der Waals surface area contributed by atoms with Crippen LogP contribution in [-0.4, -0.2) is 48.3 Å². The monoisotopic (exact) mass is 548 g/mol. The summed E-state index contributed by atoms with van der Waals surface area (Å²) < 4.78 is 28.6. The zero-order valence-electron chi connectivity index (χ0n) is 22.6. The predicted octanol–water partition coefficient (Wildman–Crippen LogP) is 5.43. The fourth-order valence-corrected chi connectivity index (χ4v) is 5.52. The van der Waals surface area contributed by atoms with E-state index in [1.165, 1.54) is 0 Å². The SMILES string of the molecule is CCCOc1ccc2c(c1)C(c1ccc(OC(C)C)cc1OCC(=O)O)C(C(=O)O)C2c1ccc2c(c1)OCO2. The standard InChI is InChI=1S/C31H32O9/c1-4-11-36-19-6-8-21-23(13-19)29(22-9-7-20(40-17(2)3)14-25(22)37-15-27(32)33)30(31(34)35)28(21)18-5-10-24-26(12-18)39-16-38-24/h5-10,12-14,17,28-30H,4,11,15-16H2,1-3H3,(H,32,33)(H,34,35). The number of aliphatic carboxylic acids is 2. The molecule has 0 fully saturated rings. The fraction of sp³-hybridized carbons (Fsp3) is 0.355. The first-order chi connectivity index (χ1) is 19.3. The van der Waals surface area contributed by atoms with Crippen LogP contribution in [0.2, 0.25) is 0 Å².